The Kier molecular flexibility index (Phi) is 6.97. The molecule has 34 heavy (non-hydrogen) atoms. The average Bonchev–Trinajstić information content (AvgIpc) is 2.86. The summed E-state index contributed by atoms with van der Waals surface area (Å²) < 4.78 is 14.7. The normalized spacial score (nSPS) is 10.8. The number of hydrogen-bond donors (Lipinski definition) is 1. The molecule has 0 radical (unpaired) electrons. The van der Waals surface area contributed by atoms with Gasteiger partial charge in [-0.05, 0) is 67.1 Å². The predicted octanol–water partition coefficient (Wildman–Crippen LogP) is 6.03. The molecule has 0 aliphatic heterocycles. The standard InChI is InChI=1S/C28H27FN4O/c1-4-14-31-28(34)23-11-10-22(17-24(23)29)26-12-8-19(3)27(32-26)33(5-2)18-20-9-13-25-21(16-20)7-6-15-30-25/h5-13,15-17H,2,4,14,18H2,1,3H3,(H,31,34). The van der Waals surface area contributed by atoms with E-state index in [1.165, 1.54) is 12.1 Å². The number of nitrogens with one attached hydrogen (secondary N) is 1. The highest BCUT2D eigenvalue weighted by molar-refractivity contribution is 5.95. The lowest BCUT2D eigenvalue weighted by atomic mass is 10.1. The fourth-order valence-corrected chi connectivity index (χ4v) is 3.81. The zero-order valence-corrected chi connectivity index (χ0v) is 19.4. The Hall–Kier alpha value is -4.06. The van der Waals surface area contributed by atoms with E-state index >= 15 is 0 Å². The third kappa shape index (κ3) is 4.96. The van der Waals surface area contributed by atoms with Crippen LogP contribution >= 0.6 is 0 Å². The number of amides is 1. The van der Waals surface area contributed by atoms with Crippen molar-refractivity contribution in [2.45, 2.75) is 26.8 Å². The molecule has 0 unspecified atom stereocenters. The number of aromatic nitrogens is 2. The summed E-state index contributed by atoms with van der Waals surface area (Å²) in [6.07, 6.45) is 4.32. The van der Waals surface area contributed by atoms with Crippen molar-refractivity contribution in [3.63, 3.8) is 0 Å². The Labute approximate surface area is 199 Å². The quantitative estimate of drug-likeness (QED) is 0.353. The van der Waals surface area contributed by atoms with E-state index in [-0.39, 0.29) is 5.56 Å². The van der Waals surface area contributed by atoms with Crippen LogP contribution in [0.15, 0.2) is 79.6 Å². The van der Waals surface area contributed by atoms with Gasteiger partial charge in [0.05, 0.1) is 16.8 Å². The summed E-state index contributed by atoms with van der Waals surface area (Å²) >= 11 is 0. The van der Waals surface area contributed by atoms with E-state index in [9.17, 15) is 9.18 Å². The number of carbonyl (C=O) groups is 1. The van der Waals surface area contributed by atoms with Gasteiger partial charge in [0.1, 0.15) is 11.6 Å². The number of benzene rings is 2. The van der Waals surface area contributed by atoms with Crippen molar-refractivity contribution in [1.82, 2.24) is 15.3 Å². The topological polar surface area (TPSA) is 58.1 Å². The first kappa shape index (κ1) is 23.1. The number of carbonyl (C=O) groups excluding carboxylic acids is 1. The van der Waals surface area contributed by atoms with Crippen molar-refractivity contribution in [3.8, 4) is 11.3 Å². The molecule has 0 atom stereocenters. The number of rotatable bonds is 8. The first-order chi connectivity index (χ1) is 16.5. The van der Waals surface area contributed by atoms with Crippen LogP contribution in [0, 0.1) is 12.7 Å². The van der Waals surface area contributed by atoms with Gasteiger partial charge in [-0.3, -0.25) is 9.78 Å². The smallest absolute Gasteiger partial charge is 0.254 e. The summed E-state index contributed by atoms with van der Waals surface area (Å²) in [4.78, 5) is 23.3. The van der Waals surface area contributed by atoms with Crippen molar-refractivity contribution in [2.24, 2.45) is 0 Å². The lowest BCUT2D eigenvalue weighted by Gasteiger charge is -2.22. The summed E-state index contributed by atoms with van der Waals surface area (Å²) in [6, 6.07) is 18.5. The molecular formula is C28H27FN4O. The van der Waals surface area contributed by atoms with Crippen molar-refractivity contribution in [3.05, 3.63) is 102 Å². The largest absolute Gasteiger partial charge is 0.352 e. The first-order valence-corrected chi connectivity index (χ1v) is 11.3. The maximum atomic E-state index is 14.7. The summed E-state index contributed by atoms with van der Waals surface area (Å²) in [5.41, 5.74) is 4.27. The van der Waals surface area contributed by atoms with Gasteiger partial charge in [-0.25, -0.2) is 9.37 Å². The summed E-state index contributed by atoms with van der Waals surface area (Å²) in [7, 11) is 0. The highest BCUT2D eigenvalue weighted by Crippen LogP contribution is 2.27. The molecule has 2 aromatic heterocycles. The Morgan fingerprint density at radius 3 is 2.76 bits per heavy atom. The van der Waals surface area contributed by atoms with Crippen LogP contribution in [0.3, 0.4) is 0 Å². The molecule has 0 bridgehead atoms. The van der Waals surface area contributed by atoms with Crippen LogP contribution in [-0.4, -0.2) is 22.4 Å². The zero-order valence-electron chi connectivity index (χ0n) is 19.4. The molecule has 0 fully saturated rings. The summed E-state index contributed by atoms with van der Waals surface area (Å²) in [5.74, 6) is -0.240. The number of halogens is 1. The van der Waals surface area contributed by atoms with E-state index in [4.69, 9.17) is 4.98 Å². The fourth-order valence-electron chi connectivity index (χ4n) is 3.81. The fraction of sp³-hybridized carbons (Fsp3) is 0.179. The summed E-state index contributed by atoms with van der Waals surface area (Å²) in [6.45, 7) is 9.00. The van der Waals surface area contributed by atoms with Gasteiger partial charge < -0.3 is 10.2 Å². The second-order valence-corrected chi connectivity index (χ2v) is 8.13. The van der Waals surface area contributed by atoms with Gasteiger partial charge in [0, 0.05) is 30.2 Å². The van der Waals surface area contributed by atoms with Gasteiger partial charge in [-0.1, -0.05) is 37.8 Å². The van der Waals surface area contributed by atoms with Crippen molar-refractivity contribution in [2.75, 3.05) is 11.4 Å². The van der Waals surface area contributed by atoms with E-state index in [2.05, 4.69) is 22.9 Å². The van der Waals surface area contributed by atoms with E-state index < -0.39 is 11.7 Å². The molecule has 172 valence electrons. The number of fused-ring (bicyclic) bond motifs is 1. The third-order valence-corrected chi connectivity index (χ3v) is 5.63. The molecule has 2 heterocycles. The molecule has 1 N–H and O–H groups in total. The van der Waals surface area contributed by atoms with Gasteiger partial charge in [-0.2, -0.15) is 0 Å². The number of nitrogens with zero attached hydrogens (tertiary/aromatic N) is 3. The Morgan fingerprint density at radius 1 is 1.15 bits per heavy atom. The second-order valence-electron chi connectivity index (χ2n) is 8.13. The second kappa shape index (κ2) is 10.3. The van der Waals surface area contributed by atoms with Crippen molar-refractivity contribution >= 4 is 22.6 Å². The maximum Gasteiger partial charge on any atom is 0.254 e. The van der Waals surface area contributed by atoms with Crippen molar-refractivity contribution < 1.29 is 9.18 Å². The van der Waals surface area contributed by atoms with Gasteiger partial charge >= 0.3 is 0 Å². The van der Waals surface area contributed by atoms with Gasteiger partial charge in [-0.15, -0.1) is 0 Å². The van der Waals surface area contributed by atoms with Crippen LogP contribution in [0.4, 0.5) is 10.2 Å². The molecule has 2 aromatic carbocycles. The molecule has 1 amide bonds. The zero-order chi connectivity index (χ0) is 24.1. The van der Waals surface area contributed by atoms with Crippen LogP contribution < -0.4 is 10.2 Å². The minimum absolute atomic E-state index is 0.0306. The van der Waals surface area contributed by atoms with Gasteiger partial charge in [0.25, 0.3) is 5.91 Å². The highest BCUT2D eigenvalue weighted by Gasteiger charge is 2.15. The number of aryl methyl sites for hydroxylation is 1. The van der Waals surface area contributed by atoms with Crippen LogP contribution in [0.5, 0.6) is 0 Å². The lowest BCUT2D eigenvalue weighted by Crippen LogP contribution is -2.24. The predicted molar refractivity (Wildman–Crippen MR) is 135 cm³/mol. The Bertz CT molecular complexity index is 1350. The molecule has 0 aliphatic rings. The van der Waals surface area contributed by atoms with E-state index in [0.29, 0.717) is 24.3 Å². The molecular weight excluding hydrogens is 427 g/mol. The highest BCUT2D eigenvalue weighted by atomic mass is 19.1. The molecule has 0 saturated heterocycles. The maximum absolute atomic E-state index is 14.7. The molecule has 6 heteroatoms. The van der Waals surface area contributed by atoms with E-state index in [1.54, 1.807) is 18.5 Å². The molecule has 4 aromatic rings. The monoisotopic (exact) mass is 454 g/mol. The van der Waals surface area contributed by atoms with E-state index in [0.717, 1.165) is 34.3 Å². The van der Waals surface area contributed by atoms with Crippen molar-refractivity contribution in [1.29, 1.82) is 0 Å². The number of pyridine rings is 2. The van der Waals surface area contributed by atoms with E-state index in [1.807, 2.05) is 55.1 Å². The van der Waals surface area contributed by atoms with Gasteiger partial charge in [0.15, 0.2) is 0 Å². The van der Waals surface area contributed by atoms with Crippen LogP contribution in [0.2, 0.25) is 0 Å². The van der Waals surface area contributed by atoms with Crippen LogP contribution in [0.25, 0.3) is 22.2 Å². The summed E-state index contributed by atoms with van der Waals surface area (Å²) in [5, 5.41) is 3.78. The average molecular weight is 455 g/mol. The molecule has 0 saturated carbocycles. The molecule has 0 spiro atoms. The molecule has 0 aliphatic carbocycles. The minimum atomic E-state index is -0.569. The SMILES string of the molecule is C=CN(Cc1ccc2ncccc2c1)c1nc(-c2ccc(C(=O)NCCC)c(F)c2)ccc1C. The first-order valence-electron chi connectivity index (χ1n) is 11.3. The Morgan fingerprint density at radius 2 is 2.00 bits per heavy atom. The minimum Gasteiger partial charge on any atom is -0.352 e. The number of anilines is 1. The number of hydrogen-bond acceptors (Lipinski definition) is 4. The molecule has 4 rings (SSSR count). The molecule has 5 nitrogen and oxygen atoms in total. The Balaban J connectivity index is 1.62. The van der Waals surface area contributed by atoms with Crippen LogP contribution in [-0.2, 0) is 6.54 Å². The van der Waals surface area contributed by atoms with Crippen LogP contribution in [0.1, 0.15) is 34.8 Å². The third-order valence-electron chi connectivity index (χ3n) is 5.63. The lowest BCUT2D eigenvalue weighted by molar-refractivity contribution is 0.0949. The van der Waals surface area contributed by atoms with Gasteiger partial charge in [0.2, 0.25) is 0 Å².